The fourth-order valence-electron chi connectivity index (χ4n) is 5.05. The van der Waals surface area contributed by atoms with Gasteiger partial charge in [0.05, 0.1) is 53.5 Å². The Balaban J connectivity index is 1.75. The summed E-state index contributed by atoms with van der Waals surface area (Å²) in [5, 5.41) is 30.0. The normalized spacial score (nSPS) is 24.9. The van der Waals surface area contributed by atoms with E-state index in [4.69, 9.17) is 29.3 Å². The lowest BCUT2D eigenvalue weighted by molar-refractivity contribution is -0.129. The minimum Gasteiger partial charge on any atom is -0.393 e. The number of rotatable bonds is 7. The molecule has 6 radical (unpaired) electrons. The van der Waals surface area contributed by atoms with Crippen molar-refractivity contribution in [3.05, 3.63) is 41.2 Å². The molecule has 1 atom stereocenters. The molecule has 3 aliphatic carbocycles. The van der Waals surface area contributed by atoms with Gasteiger partial charge in [0.25, 0.3) is 12.3 Å². The number of benzene rings is 1. The van der Waals surface area contributed by atoms with E-state index in [2.05, 4.69) is 21.4 Å². The summed E-state index contributed by atoms with van der Waals surface area (Å²) in [7, 11) is 17.5. The van der Waals surface area contributed by atoms with E-state index < -0.39 is 40.6 Å². The van der Waals surface area contributed by atoms with Crippen LogP contribution < -0.4 is 11.1 Å². The van der Waals surface area contributed by atoms with Crippen molar-refractivity contribution in [3.8, 4) is 17.3 Å². The highest BCUT2D eigenvalue weighted by molar-refractivity contribution is 6.59. The number of amides is 1. The number of nitrogens with zero attached hydrogens (tertiary/aromatic N) is 3. The second-order valence-electron chi connectivity index (χ2n) is 9.55. The predicted molar refractivity (Wildman–Crippen MR) is 125 cm³/mol. The van der Waals surface area contributed by atoms with Crippen LogP contribution in [0.2, 0.25) is 0 Å². The van der Waals surface area contributed by atoms with Gasteiger partial charge in [0, 0.05) is 11.1 Å². The Morgan fingerprint density at radius 2 is 2.00 bits per heavy atom. The van der Waals surface area contributed by atoms with Gasteiger partial charge in [0.1, 0.15) is 0 Å². The summed E-state index contributed by atoms with van der Waals surface area (Å²) in [5.74, 6) is -0.787. The molecule has 5 N–H and O–H groups in total. The number of aliphatic hydroxyl groups excluding tert-OH is 1. The monoisotopic (exact) mass is 473 g/mol. The number of aromatic nitrogens is 2. The quantitative estimate of drug-likeness (QED) is 0.425. The maximum atomic E-state index is 13.5. The summed E-state index contributed by atoms with van der Waals surface area (Å²) < 4.78 is 27.1. The molecular formula is C22H20B3F2N5O3. The van der Waals surface area contributed by atoms with Crippen molar-refractivity contribution in [1.29, 1.82) is 5.26 Å². The summed E-state index contributed by atoms with van der Waals surface area (Å²) in [6, 6.07) is 5.74. The number of carbonyl (C=O) groups excluding carboxylic acids is 1. The maximum absolute atomic E-state index is 13.5. The zero-order valence-corrected chi connectivity index (χ0v) is 18.6. The number of hydrogen-bond acceptors (Lipinski definition) is 7. The van der Waals surface area contributed by atoms with E-state index >= 15 is 0 Å². The third kappa shape index (κ3) is 4.19. The first-order valence-corrected chi connectivity index (χ1v) is 10.8. The first-order valence-electron chi connectivity index (χ1n) is 10.8. The van der Waals surface area contributed by atoms with Crippen LogP contribution in [0.1, 0.15) is 47.3 Å². The van der Waals surface area contributed by atoms with E-state index in [1.54, 1.807) is 0 Å². The van der Waals surface area contributed by atoms with Gasteiger partial charge in [-0.3, -0.25) is 4.79 Å². The molecule has 1 unspecified atom stereocenters. The lowest BCUT2D eigenvalue weighted by atomic mass is 9.39. The van der Waals surface area contributed by atoms with E-state index in [0.29, 0.717) is 25.7 Å². The second kappa shape index (κ2) is 8.31. The van der Waals surface area contributed by atoms with Gasteiger partial charge >= 0.3 is 0 Å². The fraction of sp³-hybridized carbons (Fsp3) is 0.455. The van der Waals surface area contributed by atoms with E-state index in [1.807, 2.05) is 0 Å². The molecule has 5 rings (SSSR count). The van der Waals surface area contributed by atoms with Crippen molar-refractivity contribution < 1.29 is 23.8 Å². The van der Waals surface area contributed by atoms with Crippen LogP contribution in [-0.4, -0.2) is 68.2 Å². The van der Waals surface area contributed by atoms with Crippen LogP contribution in [0.4, 0.5) is 14.6 Å². The van der Waals surface area contributed by atoms with Crippen molar-refractivity contribution in [2.75, 3.05) is 12.3 Å². The summed E-state index contributed by atoms with van der Waals surface area (Å²) >= 11 is 0. The molecule has 0 aliphatic heterocycles. The number of alkyl halides is 2. The molecule has 1 amide bonds. The standard InChI is InChI=1S/C22H20B3F2N5O3/c23-22(24,25)13-2-1-11(21(35,10-33)18(26)27)5-12(13)14-6-30-16(29)15(31-14)17(34)32-20-4-3-19(7-20,8-20)9-28/h1-2,5-6,18,33,35H,3-4,7-8,10H2,(H2,29,30)(H,32,34). The first kappa shape index (κ1) is 25.1. The summed E-state index contributed by atoms with van der Waals surface area (Å²) in [4.78, 5) is 21.3. The van der Waals surface area contributed by atoms with E-state index in [0.717, 1.165) is 12.1 Å². The molecule has 3 aliphatic rings. The number of aliphatic hydroxyl groups is 2. The van der Waals surface area contributed by atoms with Gasteiger partial charge in [-0.15, -0.1) is 5.11 Å². The number of nitrogens with two attached hydrogens (primary N) is 1. The Morgan fingerprint density at radius 1 is 1.31 bits per heavy atom. The lowest BCUT2D eigenvalue weighted by Crippen LogP contribution is -2.55. The zero-order chi connectivity index (χ0) is 25.8. The minimum absolute atomic E-state index is 0.00949. The average Bonchev–Trinajstić information content (AvgIpc) is 3.33. The highest BCUT2D eigenvalue weighted by Crippen LogP contribution is 2.61. The van der Waals surface area contributed by atoms with E-state index in [9.17, 15) is 29.1 Å². The molecule has 1 aromatic heterocycles. The smallest absolute Gasteiger partial charge is 0.274 e. The van der Waals surface area contributed by atoms with Crippen molar-refractivity contribution in [1.82, 2.24) is 15.3 Å². The van der Waals surface area contributed by atoms with Crippen molar-refractivity contribution in [3.63, 3.8) is 0 Å². The van der Waals surface area contributed by atoms with Gasteiger partial charge in [0.2, 0.25) is 0 Å². The topological polar surface area (TPSA) is 145 Å². The number of hydrogen-bond donors (Lipinski definition) is 4. The van der Waals surface area contributed by atoms with Gasteiger partial charge < -0.3 is 21.3 Å². The summed E-state index contributed by atoms with van der Waals surface area (Å²) in [5.41, 5.74) is 1.55. The molecular weight excluding hydrogens is 453 g/mol. The SMILES string of the molecule is [B]C([B])([B])c1ccc(C(O)(CO)C(F)F)cc1-c1cnc(N)c(C(=O)NC23CCC(C#N)(C2)C3)n1. The highest BCUT2D eigenvalue weighted by Gasteiger charge is 2.62. The molecule has 3 fully saturated rings. The number of nitrogens with one attached hydrogen (secondary N) is 1. The Morgan fingerprint density at radius 3 is 2.54 bits per heavy atom. The molecule has 0 spiro atoms. The second-order valence-corrected chi connectivity index (χ2v) is 9.55. The highest BCUT2D eigenvalue weighted by atomic mass is 19.3. The van der Waals surface area contributed by atoms with Gasteiger partial charge in [0.15, 0.2) is 17.1 Å². The molecule has 35 heavy (non-hydrogen) atoms. The van der Waals surface area contributed by atoms with Gasteiger partial charge in [-0.25, -0.2) is 18.7 Å². The number of anilines is 1. The van der Waals surface area contributed by atoms with Crippen LogP contribution in [0.25, 0.3) is 11.3 Å². The summed E-state index contributed by atoms with van der Waals surface area (Å²) in [6.45, 7) is -1.27. The van der Waals surface area contributed by atoms with Gasteiger partial charge in [-0.2, -0.15) is 5.26 Å². The largest absolute Gasteiger partial charge is 0.393 e. The third-order valence-electron chi connectivity index (χ3n) is 6.93. The number of fused-ring (bicyclic) bond motifs is 1. The number of carbonyl (C=O) groups is 1. The molecule has 2 bridgehead atoms. The van der Waals surface area contributed by atoms with Crippen molar-refractivity contribution >= 4 is 35.3 Å². The Labute approximate surface area is 204 Å². The molecule has 8 nitrogen and oxygen atoms in total. The summed E-state index contributed by atoms with van der Waals surface area (Å²) in [6.07, 6.45) is 0.255. The van der Waals surface area contributed by atoms with Crippen molar-refractivity contribution in [2.24, 2.45) is 5.41 Å². The van der Waals surface area contributed by atoms with E-state index in [-0.39, 0.29) is 33.9 Å². The van der Waals surface area contributed by atoms with Crippen LogP contribution >= 0.6 is 0 Å². The number of nitrogen functional groups attached to an aromatic ring is 1. The lowest BCUT2D eigenvalue weighted by Gasteiger charge is -2.43. The van der Waals surface area contributed by atoms with Gasteiger partial charge in [-0.1, -0.05) is 17.7 Å². The zero-order valence-electron chi connectivity index (χ0n) is 18.6. The molecule has 1 aromatic carbocycles. The number of halogens is 2. The van der Waals surface area contributed by atoms with Crippen LogP contribution in [0.3, 0.4) is 0 Å². The molecule has 13 heteroatoms. The third-order valence-corrected chi connectivity index (χ3v) is 6.93. The molecule has 0 saturated heterocycles. The molecule has 3 saturated carbocycles. The van der Waals surface area contributed by atoms with E-state index in [1.165, 1.54) is 12.3 Å². The Hall–Kier alpha value is -2.97. The van der Waals surface area contributed by atoms with Crippen molar-refractivity contribution in [2.45, 2.75) is 48.4 Å². The molecule has 174 valence electrons. The fourth-order valence-corrected chi connectivity index (χ4v) is 5.05. The molecule has 1 heterocycles. The van der Waals surface area contributed by atoms with Crippen LogP contribution in [0.5, 0.6) is 0 Å². The van der Waals surface area contributed by atoms with Crippen LogP contribution in [0, 0.1) is 16.7 Å². The van der Waals surface area contributed by atoms with Crippen LogP contribution in [-0.2, 0) is 10.7 Å². The minimum atomic E-state index is -3.32. The van der Waals surface area contributed by atoms with Gasteiger partial charge in [-0.05, 0) is 37.3 Å². The average molecular weight is 473 g/mol. The Kier molecular flexibility index (Phi) is 5.97. The predicted octanol–water partition coefficient (Wildman–Crippen LogP) is 0.353. The number of nitriles is 1. The maximum Gasteiger partial charge on any atom is 0.274 e. The van der Waals surface area contributed by atoms with Crippen LogP contribution in [0.15, 0.2) is 24.4 Å². The first-order chi connectivity index (χ1) is 16.3. The molecule has 2 aromatic rings. The Bertz CT molecular complexity index is 1230.